The summed E-state index contributed by atoms with van der Waals surface area (Å²) in [6, 6.07) is 8.93. The van der Waals surface area contributed by atoms with Gasteiger partial charge in [-0.1, -0.05) is 24.3 Å². The summed E-state index contributed by atoms with van der Waals surface area (Å²) in [5, 5.41) is 4.52. The summed E-state index contributed by atoms with van der Waals surface area (Å²) in [6.07, 6.45) is 2.04. The van der Waals surface area contributed by atoms with Crippen LogP contribution in [0.4, 0.5) is 5.82 Å². The number of nitrogens with zero attached hydrogens (tertiary/aromatic N) is 2. The van der Waals surface area contributed by atoms with Gasteiger partial charge in [-0.15, -0.1) is 0 Å². The first kappa shape index (κ1) is 10.8. The van der Waals surface area contributed by atoms with Gasteiger partial charge >= 0.3 is 0 Å². The van der Waals surface area contributed by atoms with Gasteiger partial charge in [0.1, 0.15) is 5.82 Å². The zero-order valence-corrected chi connectivity index (χ0v) is 11.2. The highest BCUT2D eigenvalue weighted by Gasteiger charge is 2.25. The van der Waals surface area contributed by atoms with Crippen LogP contribution in [-0.4, -0.2) is 9.78 Å². The molecule has 0 fully saturated rings. The number of nitrogens with two attached hydrogens (primary N) is 1. The zero-order chi connectivity index (χ0) is 12.0. The second-order valence-electron chi connectivity index (χ2n) is 4.56. The summed E-state index contributed by atoms with van der Waals surface area (Å²) in [7, 11) is 0. The molecule has 2 aromatic rings. The second kappa shape index (κ2) is 3.88. The summed E-state index contributed by atoms with van der Waals surface area (Å²) in [5.41, 5.74) is 9.86. The maximum absolute atomic E-state index is 6.07. The number of aryl methyl sites for hydroxylation is 1. The highest BCUT2D eigenvalue weighted by atomic mass is 79.9. The van der Waals surface area contributed by atoms with Crippen molar-refractivity contribution < 1.29 is 0 Å². The van der Waals surface area contributed by atoms with E-state index in [2.05, 4.69) is 45.3 Å². The molecule has 3 rings (SSSR count). The molecule has 0 unspecified atom stereocenters. The molecular formula is C13H14BrN3. The van der Waals surface area contributed by atoms with Crippen molar-refractivity contribution in [3.05, 3.63) is 45.6 Å². The van der Waals surface area contributed by atoms with E-state index >= 15 is 0 Å². The predicted molar refractivity (Wildman–Crippen MR) is 72.0 cm³/mol. The summed E-state index contributed by atoms with van der Waals surface area (Å²) < 4.78 is 2.88. The van der Waals surface area contributed by atoms with E-state index in [1.807, 2.05) is 11.6 Å². The third-order valence-electron chi connectivity index (χ3n) is 3.42. The van der Waals surface area contributed by atoms with Crippen LogP contribution in [0.5, 0.6) is 0 Å². The average Bonchev–Trinajstić information content (AvgIpc) is 2.86. The molecule has 0 bridgehead atoms. The number of hydrogen-bond donors (Lipinski definition) is 1. The molecule has 3 nitrogen and oxygen atoms in total. The Labute approximate surface area is 109 Å². The Balaban J connectivity index is 1.96. The number of fused-ring (bicyclic) bond motifs is 1. The third kappa shape index (κ3) is 1.67. The number of halogens is 1. The highest BCUT2D eigenvalue weighted by Crippen LogP contribution is 2.34. The van der Waals surface area contributed by atoms with E-state index in [9.17, 15) is 0 Å². The van der Waals surface area contributed by atoms with Gasteiger partial charge in [0.05, 0.1) is 16.2 Å². The molecular weight excluding hydrogens is 278 g/mol. The minimum atomic E-state index is 0.359. The van der Waals surface area contributed by atoms with Crippen molar-refractivity contribution in [3.63, 3.8) is 0 Å². The molecule has 1 aromatic heterocycles. The van der Waals surface area contributed by atoms with Gasteiger partial charge in [-0.3, -0.25) is 0 Å². The maximum Gasteiger partial charge on any atom is 0.136 e. The monoisotopic (exact) mass is 291 g/mol. The third-order valence-corrected chi connectivity index (χ3v) is 4.40. The maximum atomic E-state index is 6.07. The van der Waals surface area contributed by atoms with Gasteiger partial charge in [0.2, 0.25) is 0 Å². The quantitative estimate of drug-likeness (QED) is 0.878. The first-order valence-electron chi connectivity index (χ1n) is 5.73. The highest BCUT2D eigenvalue weighted by molar-refractivity contribution is 9.10. The normalized spacial score (nSPS) is 15.2. The Morgan fingerprint density at radius 2 is 1.88 bits per heavy atom. The van der Waals surface area contributed by atoms with Crippen molar-refractivity contribution >= 4 is 21.7 Å². The number of anilines is 1. The Kier molecular flexibility index (Phi) is 2.47. The molecule has 0 saturated carbocycles. The lowest BCUT2D eigenvalue weighted by atomic mass is 10.1. The van der Waals surface area contributed by atoms with E-state index in [0.29, 0.717) is 6.04 Å². The fourth-order valence-corrected chi connectivity index (χ4v) is 2.79. The Bertz CT molecular complexity index is 549. The van der Waals surface area contributed by atoms with E-state index in [0.717, 1.165) is 28.8 Å². The fourth-order valence-electron chi connectivity index (χ4n) is 2.53. The van der Waals surface area contributed by atoms with Crippen molar-refractivity contribution in [2.24, 2.45) is 0 Å². The van der Waals surface area contributed by atoms with Crippen LogP contribution >= 0.6 is 15.9 Å². The van der Waals surface area contributed by atoms with Crippen LogP contribution in [-0.2, 0) is 12.8 Å². The van der Waals surface area contributed by atoms with Crippen molar-refractivity contribution in [2.75, 3.05) is 5.73 Å². The van der Waals surface area contributed by atoms with Gasteiger partial charge in [0, 0.05) is 0 Å². The lowest BCUT2D eigenvalue weighted by Gasteiger charge is -2.11. The standard InChI is InChI=1S/C13H14BrN3/c1-8-12(14)13(15)17(16-8)11-6-9-4-2-3-5-10(9)7-11/h2-5,11H,6-7,15H2,1H3. The van der Waals surface area contributed by atoms with Gasteiger partial charge < -0.3 is 5.73 Å². The van der Waals surface area contributed by atoms with E-state index in [1.54, 1.807) is 0 Å². The second-order valence-corrected chi connectivity index (χ2v) is 5.35. The van der Waals surface area contributed by atoms with Crippen LogP contribution in [0.2, 0.25) is 0 Å². The zero-order valence-electron chi connectivity index (χ0n) is 9.65. The summed E-state index contributed by atoms with van der Waals surface area (Å²) in [6.45, 7) is 1.97. The van der Waals surface area contributed by atoms with Crippen LogP contribution < -0.4 is 5.73 Å². The SMILES string of the molecule is Cc1nn(C2Cc3ccccc3C2)c(N)c1Br. The molecule has 0 saturated heterocycles. The minimum absolute atomic E-state index is 0.359. The number of benzene rings is 1. The molecule has 1 heterocycles. The van der Waals surface area contributed by atoms with E-state index in [1.165, 1.54) is 11.1 Å². The molecule has 1 aliphatic carbocycles. The summed E-state index contributed by atoms with van der Waals surface area (Å²) in [5.74, 6) is 0.736. The molecule has 0 aliphatic heterocycles. The van der Waals surface area contributed by atoms with E-state index < -0.39 is 0 Å². The van der Waals surface area contributed by atoms with Gasteiger partial charge in [-0.2, -0.15) is 5.10 Å². The minimum Gasteiger partial charge on any atom is -0.383 e. The Morgan fingerprint density at radius 1 is 1.29 bits per heavy atom. The number of aromatic nitrogens is 2. The van der Waals surface area contributed by atoms with Gasteiger partial charge in [0.25, 0.3) is 0 Å². The molecule has 2 N–H and O–H groups in total. The topological polar surface area (TPSA) is 43.8 Å². The van der Waals surface area contributed by atoms with Gasteiger partial charge in [-0.05, 0) is 46.8 Å². The molecule has 17 heavy (non-hydrogen) atoms. The summed E-state index contributed by atoms with van der Waals surface area (Å²) in [4.78, 5) is 0. The fraction of sp³-hybridized carbons (Fsp3) is 0.308. The first-order valence-corrected chi connectivity index (χ1v) is 6.53. The first-order chi connectivity index (χ1) is 8.16. The molecule has 4 heteroatoms. The van der Waals surface area contributed by atoms with Crippen molar-refractivity contribution in [1.82, 2.24) is 9.78 Å². The van der Waals surface area contributed by atoms with Crippen LogP contribution in [0.25, 0.3) is 0 Å². The van der Waals surface area contributed by atoms with Crippen LogP contribution in [0.3, 0.4) is 0 Å². The van der Waals surface area contributed by atoms with Crippen molar-refractivity contribution in [3.8, 4) is 0 Å². The Hall–Kier alpha value is -1.29. The van der Waals surface area contributed by atoms with Crippen LogP contribution in [0.1, 0.15) is 22.9 Å². The molecule has 0 atom stereocenters. The molecule has 0 spiro atoms. The number of nitrogen functional groups attached to an aromatic ring is 1. The lowest BCUT2D eigenvalue weighted by molar-refractivity contribution is 0.480. The van der Waals surface area contributed by atoms with Crippen molar-refractivity contribution in [1.29, 1.82) is 0 Å². The predicted octanol–water partition coefficient (Wildman–Crippen LogP) is 2.88. The molecule has 88 valence electrons. The lowest BCUT2D eigenvalue weighted by Crippen LogP contribution is -2.13. The molecule has 0 radical (unpaired) electrons. The van der Waals surface area contributed by atoms with Gasteiger partial charge in [-0.25, -0.2) is 4.68 Å². The van der Waals surface area contributed by atoms with Crippen molar-refractivity contribution in [2.45, 2.75) is 25.8 Å². The summed E-state index contributed by atoms with van der Waals surface area (Å²) >= 11 is 3.47. The number of hydrogen-bond acceptors (Lipinski definition) is 2. The van der Waals surface area contributed by atoms with E-state index in [-0.39, 0.29) is 0 Å². The smallest absolute Gasteiger partial charge is 0.136 e. The van der Waals surface area contributed by atoms with Crippen LogP contribution in [0, 0.1) is 6.92 Å². The van der Waals surface area contributed by atoms with Gasteiger partial charge in [0.15, 0.2) is 0 Å². The largest absolute Gasteiger partial charge is 0.383 e. The van der Waals surface area contributed by atoms with Crippen LogP contribution in [0.15, 0.2) is 28.7 Å². The Morgan fingerprint density at radius 3 is 2.35 bits per heavy atom. The average molecular weight is 292 g/mol. The molecule has 1 aromatic carbocycles. The molecule has 1 aliphatic rings. The van der Waals surface area contributed by atoms with E-state index in [4.69, 9.17) is 5.73 Å². The number of rotatable bonds is 1. The molecule has 0 amide bonds.